The average molecular weight is 359 g/mol. The Bertz CT molecular complexity index is 845. The van der Waals surface area contributed by atoms with Crippen LogP contribution in [0.15, 0.2) is 12.1 Å². The largest absolute Gasteiger partial charge is 0.493 e. The van der Waals surface area contributed by atoms with E-state index < -0.39 is 0 Å². The van der Waals surface area contributed by atoms with Gasteiger partial charge in [-0.2, -0.15) is 0 Å². The normalized spacial score (nSPS) is 17.1. The lowest BCUT2D eigenvalue weighted by molar-refractivity contribution is 0.0357. The molecule has 2 aliphatic heterocycles. The third-order valence-corrected chi connectivity index (χ3v) is 4.90. The average Bonchev–Trinajstić information content (AvgIpc) is 3.16. The van der Waals surface area contributed by atoms with Crippen LogP contribution in [-0.4, -0.2) is 67.6 Å². The molecule has 8 heteroatoms. The highest BCUT2D eigenvalue weighted by molar-refractivity contribution is 5.92. The highest BCUT2D eigenvalue weighted by Crippen LogP contribution is 2.34. The van der Waals surface area contributed by atoms with Crippen LogP contribution in [-0.2, 0) is 11.3 Å². The third kappa shape index (κ3) is 3.34. The van der Waals surface area contributed by atoms with Crippen LogP contribution in [0.5, 0.6) is 11.5 Å². The predicted molar refractivity (Wildman–Crippen MR) is 98.0 cm³/mol. The van der Waals surface area contributed by atoms with Gasteiger partial charge in [-0.15, -0.1) is 0 Å². The van der Waals surface area contributed by atoms with Crippen molar-refractivity contribution in [2.45, 2.75) is 13.0 Å². The van der Waals surface area contributed by atoms with Crippen molar-refractivity contribution in [1.82, 2.24) is 14.5 Å². The number of nitrogens with zero attached hydrogens (tertiary/aromatic N) is 3. The van der Waals surface area contributed by atoms with E-state index in [1.54, 1.807) is 7.11 Å². The van der Waals surface area contributed by atoms with Gasteiger partial charge in [-0.1, -0.05) is 0 Å². The highest BCUT2D eigenvalue weighted by Gasteiger charge is 2.18. The molecule has 0 radical (unpaired) electrons. The van der Waals surface area contributed by atoms with Crippen molar-refractivity contribution in [3.8, 4) is 11.5 Å². The molecule has 2 aliphatic rings. The Morgan fingerprint density at radius 1 is 1.23 bits per heavy atom. The molecule has 1 fully saturated rings. The fourth-order valence-corrected chi connectivity index (χ4v) is 3.52. The molecule has 0 atom stereocenters. The molecule has 1 aromatic heterocycles. The molecule has 26 heavy (non-hydrogen) atoms. The minimum atomic E-state index is 0.265. The van der Waals surface area contributed by atoms with Crippen molar-refractivity contribution in [2.24, 2.45) is 0 Å². The Hall–Kier alpha value is -2.32. The van der Waals surface area contributed by atoms with Crippen molar-refractivity contribution in [2.75, 3.05) is 58.4 Å². The smallest absolute Gasteiger partial charge is 0.224 e. The second-order valence-corrected chi connectivity index (χ2v) is 6.54. The van der Waals surface area contributed by atoms with Crippen LogP contribution >= 0.6 is 0 Å². The SMILES string of the molecule is COc1cc2c3n(c(=N)nc2cc1OCCCN1CCOCC1)CCN3. The summed E-state index contributed by atoms with van der Waals surface area (Å²) in [6, 6.07) is 3.82. The molecular formula is C18H25N5O3. The Labute approximate surface area is 152 Å². The third-order valence-electron chi connectivity index (χ3n) is 4.90. The van der Waals surface area contributed by atoms with Gasteiger partial charge in [0.05, 0.1) is 32.4 Å². The zero-order valence-corrected chi connectivity index (χ0v) is 15.1. The number of hydrogen-bond acceptors (Lipinski definition) is 7. The lowest BCUT2D eigenvalue weighted by Crippen LogP contribution is -2.37. The molecule has 2 aromatic rings. The van der Waals surface area contributed by atoms with E-state index in [1.807, 2.05) is 16.7 Å². The molecule has 0 amide bonds. The molecule has 3 heterocycles. The monoisotopic (exact) mass is 359 g/mol. The second-order valence-electron chi connectivity index (χ2n) is 6.54. The van der Waals surface area contributed by atoms with E-state index in [9.17, 15) is 0 Å². The Balaban J connectivity index is 1.49. The van der Waals surface area contributed by atoms with Crippen molar-refractivity contribution in [3.05, 3.63) is 17.8 Å². The standard InChI is InChI=1S/C18H25N5O3/c1-24-15-11-13-14(21-18(19)23-5-3-20-17(13)23)12-16(15)26-8-2-4-22-6-9-25-10-7-22/h11-12,19-20H,2-10H2,1H3. The molecule has 0 spiro atoms. The summed E-state index contributed by atoms with van der Waals surface area (Å²) in [5.41, 5.74) is 1.01. The fourth-order valence-electron chi connectivity index (χ4n) is 3.52. The number of anilines is 1. The molecule has 0 aliphatic carbocycles. The first-order valence-corrected chi connectivity index (χ1v) is 9.10. The van der Waals surface area contributed by atoms with E-state index in [0.29, 0.717) is 18.1 Å². The summed E-state index contributed by atoms with van der Waals surface area (Å²) < 4.78 is 18.8. The lowest BCUT2D eigenvalue weighted by atomic mass is 10.2. The predicted octanol–water partition coefficient (Wildman–Crippen LogP) is 1.05. The molecule has 1 aromatic carbocycles. The van der Waals surface area contributed by atoms with Crippen LogP contribution in [0.2, 0.25) is 0 Å². The van der Waals surface area contributed by atoms with Crippen molar-refractivity contribution in [3.63, 3.8) is 0 Å². The van der Waals surface area contributed by atoms with Gasteiger partial charge in [-0.25, -0.2) is 4.98 Å². The summed E-state index contributed by atoms with van der Waals surface area (Å²) in [7, 11) is 1.65. The molecule has 140 valence electrons. The summed E-state index contributed by atoms with van der Waals surface area (Å²) in [5.74, 6) is 2.30. The number of methoxy groups -OCH3 is 1. The minimum Gasteiger partial charge on any atom is -0.493 e. The molecule has 4 rings (SSSR count). The lowest BCUT2D eigenvalue weighted by Gasteiger charge is -2.26. The van der Waals surface area contributed by atoms with Gasteiger partial charge in [0.15, 0.2) is 11.5 Å². The van der Waals surface area contributed by atoms with Crippen molar-refractivity contribution < 1.29 is 14.2 Å². The van der Waals surface area contributed by atoms with Gasteiger partial charge in [0.25, 0.3) is 0 Å². The van der Waals surface area contributed by atoms with Gasteiger partial charge in [-0.3, -0.25) is 14.9 Å². The number of nitrogens with one attached hydrogen (secondary N) is 2. The second kappa shape index (κ2) is 7.51. The maximum absolute atomic E-state index is 8.11. The van der Waals surface area contributed by atoms with Crippen LogP contribution in [0.25, 0.3) is 10.9 Å². The topological polar surface area (TPSA) is 84.6 Å². The number of ether oxygens (including phenoxy) is 3. The number of rotatable bonds is 6. The first kappa shape index (κ1) is 17.1. The van der Waals surface area contributed by atoms with Gasteiger partial charge in [0, 0.05) is 44.2 Å². The summed E-state index contributed by atoms with van der Waals surface area (Å²) in [4.78, 5) is 6.81. The number of benzene rings is 1. The Kier molecular flexibility index (Phi) is 4.94. The summed E-state index contributed by atoms with van der Waals surface area (Å²) in [6.07, 6.45) is 0.944. The van der Waals surface area contributed by atoms with E-state index in [4.69, 9.17) is 19.6 Å². The number of fused-ring (bicyclic) bond motifs is 3. The van der Waals surface area contributed by atoms with Gasteiger partial charge < -0.3 is 19.5 Å². The zero-order chi connectivity index (χ0) is 17.9. The van der Waals surface area contributed by atoms with Gasteiger partial charge in [0.1, 0.15) is 5.82 Å². The number of hydrogen-bond donors (Lipinski definition) is 2. The Morgan fingerprint density at radius 2 is 2.08 bits per heavy atom. The van der Waals surface area contributed by atoms with Crippen LogP contribution in [0.1, 0.15) is 6.42 Å². The van der Waals surface area contributed by atoms with Gasteiger partial charge in [0.2, 0.25) is 5.62 Å². The molecule has 2 N–H and O–H groups in total. The first-order valence-electron chi connectivity index (χ1n) is 9.10. The van der Waals surface area contributed by atoms with Crippen molar-refractivity contribution in [1.29, 1.82) is 5.41 Å². The van der Waals surface area contributed by atoms with Gasteiger partial charge in [-0.05, 0) is 12.5 Å². The van der Waals surface area contributed by atoms with Crippen LogP contribution in [0.3, 0.4) is 0 Å². The van der Waals surface area contributed by atoms with E-state index >= 15 is 0 Å². The first-order chi connectivity index (χ1) is 12.8. The number of morpholine rings is 1. The molecule has 0 bridgehead atoms. The maximum Gasteiger partial charge on any atom is 0.224 e. The van der Waals surface area contributed by atoms with Crippen LogP contribution in [0, 0.1) is 5.41 Å². The zero-order valence-electron chi connectivity index (χ0n) is 15.1. The minimum absolute atomic E-state index is 0.265. The van der Waals surface area contributed by atoms with Crippen LogP contribution < -0.4 is 20.4 Å². The van der Waals surface area contributed by atoms with Crippen molar-refractivity contribution >= 4 is 16.7 Å². The highest BCUT2D eigenvalue weighted by atomic mass is 16.5. The maximum atomic E-state index is 8.11. The molecule has 8 nitrogen and oxygen atoms in total. The number of aromatic nitrogens is 2. The molecular weight excluding hydrogens is 334 g/mol. The fraction of sp³-hybridized carbons (Fsp3) is 0.556. The van der Waals surface area contributed by atoms with E-state index in [0.717, 1.165) is 69.1 Å². The molecule has 1 saturated heterocycles. The van der Waals surface area contributed by atoms with Gasteiger partial charge >= 0.3 is 0 Å². The van der Waals surface area contributed by atoms with Crippen LogP contribution in [0.4, 0.5) is 5.82 Å². The molecule has 0 unspecified atom stereocenters. The van der Waals surface area contributed by atoms with E-state index in [2.05, 4.69) is 15.2 Å². The summed E-state index contributed by atoms with van der Waals surface area (Å²) in [5, 5.41) is 12.4. The van der Waals surface area contributed by atoms with E-state index in [1.165, 1.54) is 0 Å². The summed E-state index contributed by atoms with van der Waals surface area (Å²) in [6.45, 7) is 6.81. The Morgan fingerprint density at radius 3 is 2.88 bits per heavy atom. The molecule has 0 saturated carbocycles. The quantitative estimate of drug-likeness (QED) is 0.750. The summed E-state index contributed by atoms with van der Waals surface area (Å²) >= 11 is 0. The van der Waals surface area contributed by atoms with E-state index in [-0.39, 0.29) is 5.62 Å².